The van der Waals surface area contributed by atoms with E-state index >= 15 is 0 Å². The zero-order valence-electron chi connectivity index (χ0n) is 12.4. The number of carbonyl (C=O) groups is 2. The molecule has 1 aromatic rings. The van der Waals surface area contributed by atoms with E-state index in [2.05, 4.69) is 10.5 Å². The van der Waals surface area contributed by atoms with Crippen LogP contribution in [0.3, 0.4) is 0 Å². The number of nitrogens with one attached hydrogen (secondary N) is 1. The maximum Gasteiger partial charge on any atom is 0.310 e. The Morgan fingerprint density at radius 1 is 1.21 bits per heavy atom. The number of carbonyl (C=O) groups excluding carboxylic acids is 1. The molecule has 1 unspecified atom stereocenters. The van der Waals surface area contributed by atoms with Crippen molar-refractivity contribution in [2.75, 3.05) is 0 Å². The van der Waals surface area contributed by atoms with Crippen molar-refractivity contribution in [3.05, 3.63) is 47.5 Å². The molecule has 0 spiro atoms. The first kappa shape index (κ1) is 16.1. The SMILES string of the molecule is O=C(N[C@H]1C=C[C@@H](C(=O)O)C1)C1CC(c2cc(F)cc(F)c2)=NO1. The van der Waals surface area contributed by atoms with E-state index in [1.54, 1.807) is 6.08 Å². The molecule has 2 N–H and O–H groups in total. The second kappa shape index (κ2) is 6.38. The van der Waals surface area contributed by atoms with Gasteiger partial charge in [-0.1, -0.05) is 17.3 Å². The van der Waals surface area contributed by atoms with Crippen molar-refractivity contribution in [2.45, 2.75) is 25.0 Å². The van der Waals surface area contributed by atoms with Gasteiger partial charge in [0.2, 0.25) is 6.10 Å². The Balaban J connectivity index is 1.58. The van der Waals surface area contributed by atoms with E-state index in [4.69, 9.17) is 9.94 Å². The summed E-state index contributed by atoms with van der Waals surface area (Å²) in [5.74, 6) is -3.50. The third-order valence-electron chi connectivity index (χ3n) is 3.89. The van der Waals surface area contributed by atoms with Gasteiger partial charge in [-0.15, -0.1) is 0 Å². The molecule has 0 radical (unpaired) electrons. The normalized spacial score (nSPS) is 25.2. The summed E-state index contributed by atoms with van der Waals surface area (Å²) in [5.41, 5.74) is 0.494. The highest BCUT2D eigenvalue weighted by atomic mass is 19.1. The van der Waals surface area contributed by atoms with Gasteiger partial charge >= 0.3 is 5.97 Å². The minimum atomic E-state index is -0.945. The molecule has 2 aliphatic rings. The summed E-state index contributed by atoms with van der Waals surface area (Å²) >= 11 is 0. The van der Waals surface area contributed by atoms with Crippen LogP contribution in [0.4, 0.5) is 8.78 Å². The van der Waals surface area contributed by atoms with E-state index in [-0.39, 0.29) is 24.1 Å². The fourth-order valence-electron chi connectivity index (χ4n) is 2.67. The van der Waals surface area contributed by atoms with Crippen LogP contribution < -0.4 is 5.32 Å². The molecule has 1 aromatic carbocycles. The molecule has 3 rings (SSSR count). The van der Waals surface area contributed by atoms with Crippen LogP contribution in [0.2, 0.25) is 0 Å². The summed E-state index contributed by atoms with van der Waals surface area (Å²) in [6, 6.07) is 2.58. The molecule has 0 bridgehead atoms. The Bertz CT molecular complexity index is 727. The zero-order chi connectivity index (χ0) is 17.3. The van der Waals surface area contributed by atoms with Gasteiger partial charge in [-0.3, -0.25) is 9.59 Å². The van der Waals surface area contributed by atoms with Crippen LogP contribution in [0.15, 0.2) is 35.5 Å². The van der Waals surface area contributed by atoms with Crippen molar-refractivity contribution in [2.24, 2.45) is 11.1 Å². The highest BCUT2D eigenvalue weighted by molar-refractivity contribution is 6.04. The molecule has 1 heterocycles. The van der Waals surface area contributed by atoms with Gasteiger partial charge in [0.15, 0.2) is 0 Å². The molecule has 1 aliphatic carbocycles. The molecule has 6 nitrogen and oxygen atoms in total. The van der Waals surface area contributed by atoms with Crippen LogP contribution in [0.25, 0.3) is 0 Å². The topological polar surface area (TPSA) is 88.0 Å². The van der Waals surface area contributed by atoms with Gasteiger partial charge in [0.25, 0.3) is 5.91 Å². The zero-order valence-corrected chi connectivity index (χ0v) is 12.4. The van der Waals surface area contributed by atoms with E-state index in [1.165, 1.54) is 6.08 Å². The van der Waals surface area contributed by atoms with Gasteiger partial charge in [-0.25, -0.2) is 8.78 Å². The number of hydrogen-bond acceptors (Lipinski definition) is 4. The molecule has 1 amide bonds. The average molecular weight is 336 g/mol. The van der Waals surface area contributed by atoms with Crippen molar-refractivity contribution in [3.8, 4) is 0 Å². The van der Waals surface area contributed by atoms with Gasteiger partial charge in [-0.05, 0) is 18.6 Å². The van der Waals surface area contributed by atoms with Crippen molar-refractivity contribution >= 4 is 17.6 Å². The monoisotopic (exact) mass is 336 g/mol. The van der Waals surface area contributed by atoms with Crippen LogP contribution in [0, 0.1) is 17.6 Å². The minimum absolute atomic E-state index is 0.0769. The molecule has 8 heteroatoms. The summed E-state index contributed by atoms with van der Waals surface area (Å²) in [6.07, 6.45) is 2.59. The van der Waals surface area contributed by atoms with E-state index in [0.29, 0.717) is 0 Å². The number of carboxylic acid groups (broad SMARTS) is 1. The summed E-state index contributed by atoms with van der Waals surface area (Å²) in [7, 11) is 0. The van der Waals surface area contributed by atoms with E-state index in [0.717, 1.165) is 18.2 Å². The van der Waals surface area contributed by atoms with Crippen LogP contribution in [0.5, 0.6) is 0 Å². The average Bonchev–Trinajstić information content (AvgIpc) is 3.15. The van der Waals surface area contributed by atoms with Gasteiger partial charge in [0, 0.05) is 24.1 Å². The van der Waals surface area contributed by atoms with Crippen molar-refractivity contribution in [1.29, 1.82) is 0 Å². The molecule has 126 valence electrons. The predicted octanol–water partition coefficient (Wildman–Crippen LogP) is 1.60. The van der Waals surface area contributed by atoms with Crippen LogP contribution in [-0.4, -0.2) is 34.8 Å². The molecule has 3 atom stereocenters. The fraction of sp³-hybridized carbons (Fsp3) is 0.312. The Labute approximate surface area is 135 Å². The van der Waals surface area contributed by atoms with Crippen LogP contribution in [0.1, 0.15) is 18.4 Å². The van der Waals surface area contributed by atoms with E-state index in [1.807, 2.05) is 0 Å². The van der Waals surface area contributed by atoms with Crippen LogP contribution in [-0.2, 0) is 14.4 Å². The highest BCUT2D eigenvalue weighted by Crippen LogP contribution is 2.21. The van der Waals surface area contributed by atoms with Crippen molar-refractivity contribution in [1.82, 2.24) is 5.32 Å². The van der Waals surface area contributed by atoms with Gasteiger partial charge in [0.1, 0.15) is 11.6 Å². The molecule has 1 aliphatic heterocycles. The minimum Gasteiger partial charge on any atom is -0.481 e. The first-order chi connectivity index (χ1) is 11.4. The summed E-state index contributed by atoms with van der Waals surface area (Å²) in [5, 5.41) is 15.3. The summed E-state index contributed by atoms with van der Waals surface area (Å²) in [6.45, 7) is 0. The standard InChI is InChI=1S/C16H14F2N2O4/c17-10-3-9(4-11(18)6-10)13-7-14(24-20-13)15(21)19-12-2-1-8(5-12)16(22)23/h1-4,6,8,12,14H,5,7H2,(H,19,21)(H,22,23)/t8-,12+,14?/m1/s1. The van der Waals surface area contributed by atoms with Crippen molar-refractivity contribution < 1.29 is 28.3 Å². The number of hydrogen-bond donors (Lipinski definition) is 2. The molecule has 0 fully saturated rings. The molecular weight excluding hydrogens is 322 g/mol. The molecule has 0 saturated carbocycles. The first-order valence-corrected chi connectivity index (χ1v) is 7.33. The largest absolute Gasteiger partial charge is 0.481 e. The lowest BCUT2D eigenvalue weighted by molar-refractivity contribution is -0.140. The highest BCUT2D eigenvalue weighted by Gasteiger charge is 2.32. The smallest absolute Gasteiger partial charge is 0.310 e. The summed E-state index contributed by atoms with van der Waals surface area (Å²) < 4.78 is 26.5. The first-order valence-electron chi connectivity index (χ1n) is 7.33. The van der Waals surface area contributed by atoms with E-state index < -0.39 is 41.6 Å². The maximum absolute atomic E-state index is 13.2. The number of benzene rings is 1. The number of amides is 1. The second-order valence-corrected chi connectivity index (χ2v) is 5.67. The summed E-state index contributed by atoms with van der Waals surface area (Å²) in [4.78, 5) is 28.1. The lowest BCUT2D eigenvalue weighted by atomic mass is 10.0. The van der Waals surface area contributed by atoms with Crippen LogP contribution >= 0.6 is 0 Å². The lowest BCUT2D eigenvalue weighted by Crippen LogP contribution is -2.40. The Morgan fingerprint density at radius 2 is 1.92 bits per heavy atom. The van der Waals surface area contributed by atoms with Crippen molar-refractivity contribution in [3.63, 3.8) is 0 Å². The molecular formula is C16H14F2N2O4. The lowest BCUT2D eigenvalue weighted by Gasteiger charge is -2.14. The quantitative estimate of drug-likeness (QED) is 0.818. The number of rotatable bonds is 4. The number of carboxylic acids is 1. The Hall–Kier alpha value is -2.77. The fourth-order valence-corrected chi connectivity index (χ4v) is 2.67. The Kier molecular flexibility index (Phi) is 4.28. The maximum atomic E-state index is 13.2. The molecule has 24 heavy (non-hydrogen) atoms. The number of oxime groups is 1. The number of aliphatic carboxylic acids is 1. The number of halogens is 2. The Morgan fingerprint density at radius 3 is 2.54 bits per heavy atom. The molecule has 0 aromatic heterocycles. The third kappa shape index (κ3) is 3.42. The van der Waals surface area contributed by atoms with Gasteiger partial charge < -0.3 is 15.3 Å². The molecule has 0 saturated heterocycles. The van der Waals surface area contributed by atoms with Gasteiger partial charge in [-0.2, -0.15) is 0 Å². The third-order valence-corrected chi connectivity index (χ3v) is 3.89. The van der Waals surface area contributed by atoms with E-state index in [9.17, 15) is 18.4 Å². The predicted molar refractivity (Wildman–Crippen MR) is 79.2 cm³/mol. The second-order valence-electron chi connectivity index (χ2n) is 5.67. The van der Waals surface area contributed by atoms with Gasteiger partial charge in [0.05, 0.1) is 11.6 Å². The number of nitrogens with zero attached hydrogens (tertiary/aromatic N) is 1.